The summed E-state index contributed by atoms with van der Waals surface area (Å²) in [5.74, 6) is 0.902. The van der Waals surface area contributed by atoms with E-state index < -0.39 is 0 Å². The first kappa shape index (κ1) is 9.78. The van der Waals surface area contributed by atoms with Crippen molar-refractivity contribution in [3.8, 4) is 5.75 Å². The number of methoxy groups -OCH3 is 1. The Bertz CT molecular complexity index is 486. The molecule has 15 heavy (non-hydrogen) atoms. The summed E-state index contributed by atoms with van der Waals surface area (Å²) >= 11 is 0. The van der Waals surface area contributed by atoms with Crippen LogP contribution in [0.2, 0.25) is 0 Å². The maximum Gasteiger partial charge on any atom is 0.119 e. The minimum atomic E-state index is 0.902. The zero-order valence-electron chi connectivity index (χ0n) is 8.86. The van der Waals surface area contributed by atoms with Gasteiger partial charge < -0.3 is 4.74 Å². The molecule has 0 saturated carbocycles. The summed E-state index contributed by atoms with van der Waals surface area (Å²) in [6, 6.07) is 12.6. The second-order valence-corrected chi connectivity index (χ2v) is 3.54. The normalized spacial score (nSPS) is 10.2. The van der Waals surface area contributed by atoms with Gasteiger partial charge in [0.2, 0.25) is 0 Å². The highest BCUT2D eigenvalue weighted by molar-refractivity contribution is 5.84. The van der Waals surface area contributed by atoms with Crippen LogP contribution in [0.25, 0.3) is 10.8 Å². The van der Waals surface area contributed by atoms with Crippen molar-refractivity contribution in [1.82, 2.24) is 0 Å². The minimum Gasteiger partial charge on any atom is -0.497 e. The van der Waals surface area contributed by atoms with Gasteiger partial charge in [-0.05, 0) is 34.9 Å². The predicted molar refractivity (Wildman–Crippen MR) is 64.4 cm³/mol. The Hall–Kier alpha value is -1.76. The summed E-state index contributed by atoms with van der Waals surface area (Å²) in [5, 5.41) is 2.46. The van der Waals surface area contributed by atoms with Crippen molar-refractivity contribution in [2.24, 2.45) is 0 Å². The molecule has 0 spiro atoms. The lowest BCUT2D eigenvalue weighted by Gasteiger charge is -2.04. The van der Waals surface area contributed by atoms with Crippen molar-refractivity contribution < 1.29 is 4.74 Å². The molecule has 2 aromatic rings. The number of rotatable bonds is 3. The summed E-state index contributed by atoms with van der Waals surface area (Å²) in [6.45, 7) is 3.74. The van der Waals surface area contributed by atoms with E-state index in [0.29, 0.717) is 0 Å². The molecule has 0 aliphatic carbocycles. The number of hydrogen-bond donors (Lipinski definition) is 0. The molecular formula is C14H14O. The smallest absolute Gasteiger partial charge is 0.119 e. The van der Waals surface area contributed by atoms with Gasteiger partial charge in [-0.3, -0.25) is 0 Å². The maximum absolute atomic E-state index is 5.18. The average molecular weight is 198 g/mol. The molecule has 76 valence electrons. The van der Waals surface area contributed by atoms with Crippen LogP contribution in [-0.2, 0) is 6.42 Å². The van der Waals surface area contributed by atoms with Gasteiger partial charge in [0.1, 0.15) is 5.75 Å². The molecule has 0 aromatic heterocycles. The number of allylic oxidation sites excluding steroid dienone is 1. The third kappa shape index (κ3) is 2.01. The lowest BCUT2D eigenvalue weighted by Crippen LogP contribution is -1.84. The van der Waals surface area contributed by atoms with Crippen molar-refractivity contribution in [3.05, 3.63) is 54.6 Å². The number of benzene rings is 2. The van der Waals surface area contributed by atoms with Gasteiger partial charge in [-0.25, -0.2) is 0 Å². The van der Waals surface area contributed by atoms with Crippen LogP contribution < -0.4 is 4.74 Å². The molecule has 0 amide bonds. The Morgan fingerprint density at radius 3 is 2.60 bits per heavy atom. The second kappa shape index (κ2) is 4.18. The lowest BCUT2D eigenvalue weighted by molar-refractivity contribution is 0.415. The van der Waals surface area contributed by atoms with Crippen LogP contribution in [0.1, 0.15) is 5.56 Å². The summed E-state index contributed by atoms with van der Waals surface area (Å²) in [7, 11) is 1.69. The van der Waals surface area contributed by atoms with E-state index in [4.69, 9.17) is 4.74 Å². The highest BCUT2D eigenvalue weighted by Gasteiger charge is 1.97. The Morgan fingerprint density at radius 1 is 1.13 bits per heavy atom. The molecule has 0 heterocycles. The first-order chi connectivity index (χ1) is 7.33. The van der Waals surface area contributed by atoms with Crippen LogP contribution in [0.3, 0.4) is 0 Å². The molecule has 0 saturated heterocycles. The van der Waals surface area contributed by atoms with Gasteiger partial charge in [-0.2, -0.15) is 0 Å². The number of fused-ring (bicyclic) bond motifs is 1. The van der Waals surface area contributed by atoms with Gasteiger partial charge in [0.25, 0.3) is 0 Å². The highest BCUT2D eigenvalue weighted by Crippen LogP contribution is 2.21. The number of ether oxygens (including phenoxy) is 1. The largest absolute Gasteiger partial charge is 0.497 e. The highest BCUT2D eigenvalue weighted by atomic mass is 16.5. The summed E-state index contributed by atoms with van der Waals surface area (Å²) in [6.07, 6.45) is 2.84. The summed E-state index contributed by atoms with van der Waals surface area (Å²) < 4.78 is 5.18. The first-order valence-corrected chi connectivity index (χ1v) is 5.01. The van der Waals surface area contributed by atoms with E-state index in [1.54, 1.807) is 7.11 Å². The molecule has 0 bridgehead atoms. The van der Waals surface area contributed by atoms with Gasteiger partial charge in [-0.1, -0.05) is 30.3 Å². The molecule has 0 N–H and O–H groups in total. The molecule has 1 nitrogen and oxygen atoms in total. The molecule has 0 radical (unpaired) electrons. The van der Waals surface area contributed by atoms with Crippen LogP contribution in [0, 0.1) is 0 Å². The zero-order valence-corrected chi connectivity index (χ0v) is 8.86. The fourth-order valence-electron chi connectivity index (χ4n) is 1.69. The van der Waals surface area contributed by atoms with E-state index in [1.807, 2.05) is 18.2 Å². The van der Waals surface area contributed by atoms with Crippen molar-refractivity contribution in [2.75, 3.05) is 7.11 Å². The van der Waals surface area contributed by atoms with Crippen LogP contribution >= 0.6 is 0 Å². The predicted octanol–water partition coefficient (Wildman–Crippen LogP) is 3.58. The van der Waals surface area contributed by atoms with Crippen molar-refractivity contribution in [2.45, 2.75) is 6.42 Å². The van der Waals surface area contributed by atoms with Gasteiger partial charge in [0.15, 0.2) is 0 Å². The molecule has 0 fully saturated rings. The molecule has 0 aliphatic heterocycles. The molecule has 0 atom stereocenters. The van der Waals surface area contributed by atoms with E-state index in [9.17, 15) is 0 Å². The van der Waals surface area contributed by atoms with E-state index in [2.05, 4.69) is 30.8 Å². The van der Waals surface area contributed by atoms with E-state index in [0.717, 1.165) is 12.2 Å². The maximum atomic E-state index is 5.18. The minimum absolute atomic E-state index is 0.902. The lowest BCUT2D eigenvalue weighted by atomic mass is 10.0. The van der Waals surface area contributed by atoms with E-state index >= 15 is 0 Å². The van der Waals surface area contributed by atoms with Crippen molar-refractivity contribution in [1.29, 1.82) is 0 Å². The van der Waals surface area contributed by atoms with Crippen LogP contribution in [-0.4, -0.2) is 7.11 Å². The zero-order chi connectivity index (χ0) is 10.7. The van der Waals surface area contributed by atoms with Gasteiger partial charge in [-0.15, -0.1) is 6.58 Å². The van der Waals surface area contributed by atoms with Crippen LogP contribution in [0.5, 0.6) is 5.75 Å². The Kier molecular flexibility index (Phi) is 2.72. The summed E-state index contributed by atoms with van der Waals surface area (Å²) in [5.41, 5.74) is 1.29. The van der Waals surface area contributed by atoms with E-state index in [1.165, 1.54) is 16.3 Å². The van der Waals surface area contributed by atoms with Gasteiger partial charge in [0, 0.05) is 0 Å². The Balaban J connectivity index is 2.49. The molecule has 2 rings (SSSR count). The van der Waals surface area contributed by atoms with Crippen LogP contribution in [0.4, 0.5) is 0 Å². The molecule has 1 heteroatoms. The molecular weight excluding hydrogens is 184 g/mol. The van der Waals surface area contributed by atoms with E-state index in [-0.39, 0.29) is 0 Å². The van der Waals surface area contributed by atoms with Crippen LogP contribution in [0.15, 0.2) is 49.1 Å². The number of hydrogen-bond acceptors (Lipinski definition) is 1. The average Bonchev–Trinajstić information content (AvgIpc) is 2.29. The first-order valence-electron chi connectivity index (χ1n) is 5.01. The van der Waals surface area contributed by atoms with Crippen molar-refractivity contribution in [3.63, 3.8) is 0 Å². The summed E-state index contributed by atoms with van der Waals surface area (Å²) in [4.78, 5) is 0. The standard InChI is InChI=1S/C14H14O/c1-3-4-11-5-6-13-10-14(15-2)8-7-12(13)9-11/h3,5-10H,1,4H2,2H3. The van der Waals surface area contributed by atoms with Gasteiger partial charge >= 0.3 is 0 Å². The SMILES string of the molecule is C=CCc1ccc2cc(OC)ccc2c1. The topological polar surface area (TPSA) is 9.23 Å². The fourth-order valence-corrected chi connectivity index (χ4v) is 1.69. The van der Waals surface area contributed by atoms with Crippen molar-refractivity contribution >= 4 is 10.8 Å². The Morgan fingerprint density at radius 2 is 1.87 bits per heavy atom. The van der Waals surface area contributed by atoms with Gasteiger partial charge in [0.05, 0.1) is 7.11 Å². The molecule has 0 aliphatic rings. The quantitative estimate of drug-likeness (QED) is 0.685. The Labute approximate surface area is 90.0 Å². The molecule has 0 unspecified atom stereocenters. The molecule has 2 aromatic carbocycles. The second-order valence-electron chi connectivity index (χ2n) is 3.54. The third-order valence-electron chi connectivity index (χ3n) is 2.49. The monoisotopic (exact) mass is 198 g/mol. The fraction of sp³-hybridized carbons (Fsp3) is 0.143. The third-order valence-corrected chi connectivity index (χ3v) is 2.49.